The Morgan fingerprint density at radius 2 is 1.69 bits per heavy atom. The summed E-state index contributed by atoms with van der Waals surface area (Å²) in [5, 5.41) is 7.84. The zero-order valence-corrected chi connectivity index (χ0v) is 16.5. The maximum absolute atomic E-state index is 12.1. The largest absolute Gasteiger partial charge is 0.465 e. The lowest BCUT2D eigenvalue weighted by Gasteiger charge is -2.05. The number of hydrogen-bond acceptors (Lipinski definition) is 6. The molecule has 3 rings (SSSR count). The monoisotopic (exact) mass is 409 g/mol. The maximum Gasteiger partial charge on any atom is 0.337 e. The summed E-state index contributed by atoms with van der Waals surface area (Å²) in [5.41, 5.74) is 2.30. The van der Waals surface area contributed by atoms with Gasteiger partial charge >= 0.3 is 5.97 Å². The van der Waals surface area contributed by atoms with E-state index >= 15 is 0 Å². The zero-order chi connectivity index (χ0) is 20.6. The van der Waals surface area contributed by atoms with Gasteiger partial charge in [0.1, 0.15) is 0 Å². The first-order valence-electron chi connectivity index (χ1n) is 8.84. The Hall–Kier alpha value is -3.52. The minimum Gasteiger partial charge on any atom is -0.465 e. The Labute approximate surface area is 171 Å². The predicted octanol–water partition coefficient (Wildman–Crippen LogP) is 3.75. The molecule has 1 aromatic heterocycles. The van der Waals surface area contributed by atoms with E-state index in [-0.39, 0.29) is 18.2 Å². The van der Waals surface area contributed by atoms with Crippen molar-refractivity contribution in [3.63, 3.8) is 0 Å². The fourth-order valence-electron chi connectivity index (χ4n) is 2.51. The molecule has 7 nitrogen and oxygen atoms in total. The Bertz CT molecular complexity index is 1000. The minimum atomic E-state index is -0.429. The van der Waals surface area contributed by atoms with Crippen LogP contribution in [0, 0.1) is 0 Å². The van der Waals surface area contributed by atoms with Gasteiger partial charge in [0.05, 0.1) is 18.4 Å². The van der Waals surface area contributed by atoms with Crippen LogP contribution in [0.5, 0.6) is 0 Å². The van der Waals surface area contributed by atoms with Gasteiger partial charge in [-0.25, -0.2) is 9.78 Å². The number of amides is 2. The fourth-order valence-corrected chi connectivity index (χ4v) is 3.25. The summed E-state index contributed by atoms with van der Waals surface area (Å²) in [7, 11) is 1.31. The number of aryl methyl sites for hydroxylation is 1. The molecule has 0 saturated heterocycles. The number of benzene rings is 2. The second-order valence-corrected chi connectivity index (χ2v) is 6.94. The van der Waals surface area contributed by atoms with E-state index in [9.17, 15) is 14.4 Å². The third-order valence-corrected chi connectivity index (χ3v) is 4.81. The molecule has 0 atom stereocenters. The number of nitrogens with zero attached hydrogens (tertiary/aromatic N) is 1. The first-order chi connectivity index (χ1) is 14.0. The molecule has 0 unspecified atom stereocenters. The standard InChI is InChI=1S/C21H19N3O4S/c1-28-20(27)15-7-9-16(10-8-15)22-18(25)12-11-17-13-29-21(23-17)24-19(26)14-5-3-2-4-6-14/h2-10,13H,11-12H2,1H3,(H,22,25)(H,23,24,26). The molecule has 0 bridgehead atoms. The summed E-state index contributed by atoms with van der Waals surface area (Å²) >= 11 is 1.32. The molecule has 0 fully saturated rings. The van der Waals surface area contributed by atoms with Crippen molar-refractivity contribution >= 4 is 39.9 Å². The quantitative estimate of drug-likeness (QED) is 0.579. The molecule has 0 aliphatic heterocycles. The third kappa shape index (κ3) is 5.73. The number of nitrogens with one attached hydrogen (secondary N) is 2. The van der Waals surface area contributed by atoms with Gasteiger partial charge in [-0.3, -0.25) is 14.9 Å². The van der Waals surface area contributed by atoms with Gasteiger partial charge in [-0.15, -0.1) is 11.3 Å². The molecule has 8 heteroatoms. The molecule has 2 aromatic carbocycles. The number of methoxy groups -OCH3 is 1. The van der Waals surface area contributed by atoms with Crippen LogP contribution in [-0.2, 0) is 16.0 Å². The molecule has 0 saturated carbocycles. The minimum absolute atomic E-state index is 0.168. The highest BCUT2D eigenvalue weighted by Gasteiger charge is 2.11. The lowest BCUT2D eigenvalue weighted by atomic mass is 10.2. The topological polar surface area (TPSA) is 97.4 Å². The van der Waals surface area contributed by atoms with Crippen molar-refractivity contribution in [1.82, 2.24) is 4.98 Å². The van der Waals surface area contributed by atoms with E-state index in [2.05, 4.69) is 20.4 Å². The van der Waals surface area contributed by atoms with Crippen molar-refractivity contribution in [2.24, 2.45) is 0 Å². The molecule has 0 spiro atoms. The Morgan fingerprint density at radius 3 is 2.38 bits per heavy atom. The van der Waals surface area contributed by atoms with Crippen molar-refractivity contribution in [2.45, 2.75) is 12.8 Å². The van der Waals surface area contributed by atoms with Crippen LogP contribution in [0.25, 0.3) is 0 Å². The van der Waals surface area contributed by atoms with E-state index in [0.717, 1.165) is 5.69 Å². The summed E-state index contributed by atoms with van der Waals surface area (Å²) in [6.07, 6.45) is 0.693. The van der Waals surface area contributed by atoms with Crippen molar-refractivity contribution in [3.05, 3.63) is 76.8 Å². The second-order valence-electron chi connectivity index (χ2n) is 6.08. The molecule has 2 N–H and O–H groups in total. The van der Waals surface area contributed by atoms with Crippen molar-refractivity contribution in [3.8, 4) is 0 Å². The summed E-state index contributed by atoms with van der Waals surface area (Å²) in [6.45, 7) is 0. The number of hydrogen-bond donors (Lipinski definition) is 2. The molecule has 2 amide bonds. The van der Waals surface area contributed by atoms with Crippen LogP contribution in [0.15, 0.2) is 60.0 Å². The molecule has 29 heavy (non-hydrogen) atoms. The first kappa shape index (κ1) is 20.2. The van der Waals surface area contributed by atoms with E-state index in [4.69, 9.17) is 0 Å². The van der Waals surface area contributed by atoms with E-state index in [0.29, 0.717) is 28.4 Å². The Kier molecular flexibility index (Phi) is 6.70. The van der Waals surface area contributed by atoms with Crippen molar-refractivity contribution < 1.29 is 19.1 Å². The van der Waals surface area contributed by atoms with Gasteiger partial charge in [-0.1, -0.05) is 18.2 Å². The van der Waals surface area contributed by atoms with Crippen molar-refractivity contribution in [1.29, 1.82) is 0 Å². The fraction of sp³-hybridized carbons (Fsp3) is 0.143. The molecular formula is C21H19N3O4S. The highest BCUT2D eigenvalue weighted by molar-refractivity contribution is 7.14. The van der Waals surface area contributed by atoms with E-state index in [1.54, 1.807) is 48.5 Å². The van der Waals surface area contributed by atoms with E-state index < -0.39 is 5.97 Å². The van der Waals surface area contributed by atoms with Gasteiger partial charge in [0.2, 0.25) is 5.91 Å². The lowest BCUT2D eigenvalue weighted by Crippen LogP contribution is -2.13. The van der Waals surface area contributed by atoms with Crippen LogP contribution in [0.4, 0.5) is 10.8 Å². The van der Waals surface area contributed by atoms with Crippen LogP contribution >= 0.6 is 11.3 Å². The van der Waals surface area contributed by atoms with Crippen LogP contribution in [0.2, 0.25) is 0 Å². The number of anilines is 2. The smallest absolute Gasteiger partial charge is 0.337 e. The van der Waals surface area contributed by atoms with Crippen LogP contribution in [0.3, 0.4) is 0 Å². The number of thiazole rings is 1. The van der Waals surface area contributed by atoms with Gasteiger partial charge in [-0.2, -0.15) is 0 Å². The molecule has 0 radical (unpaired) electrons. The molecule has 3 aromatic rings. The summed E-state index contributed by atoms with van der Waals surface area (Å²) in [6, 6.07) is 15.4. The van der Waals surface area contributed by atoms with Gasteiger partial charge in [-0.05, 0) is 42.8 Å². The van der Waals surface area contributed by atoms with Crippen LogP contribution in [0.1, 0.15) is 32.8 Å². The Morgan fingerprint density at radius 1 is 0.966 bits per heavy atom. The summed E-state index contributed by atoms with van der Waals surface area (Å²) in [5.74, 6) is -0.820. The lowest BCUT2D eigenvalue weighted by molar-refractivity contribution is -0.116. The maximum atomic E-state index is 12.1. The van der Waals surface area contributed by atoms with E-state index in [1.807, 2.05) is 11.4 Å². The Balaban J connectivity index is 1.48. The van der Waals surface area contributed by atoms with Gasteiger partial charge in [0.25, 0.3) is 5.91 Å². The molecule has 148 valence electrons. The average Bonchev–Trinajstić information content (AvgIpc) is 3.20. The number of aromatic nitrogens is 1. The number of ether oxygens (including phenoxy) is 1. The first-order valence-corrected chi connectivity index (χ1v) is 9.72. The van der Waals surface area contributed by atoms with Crippen LogP contribution in [-0.4, -0.2) is 29.9 Å². The second kappa shape index (κ2) is 9.61. The van der Waals surface area contributed by atoms with Gasteiger partial charge in [0, 0.05) is 23.1 Å². The molecule has 1 heterocycles. The number of carbonyl (C=O) groups is 3. The molecule has 0 aliphatic rings. The number of esters is 1. The molecular weight excluding hydrogens is 390 g/mol. The van der Waals surface area contributed by atoms with Crippen molar-refractivity contribution in [2.75, 3.05) is 17.7 Å². The summed E-state index contributed by atoms with van der Waals surface area (Å²) < 4.78 is 4.64. The van der Waals surface area contributed by atoms with Crippen LogP contribution < -0.4 is 10.6 Å². The number of carbonyl (C=O) groups excluding carboxylic acids is 3. The summed E-state index contributed by atoms with van der Waals surface area (Å²) in [4.78, 5) is 40.0. The third-order valence-electron chi connectivity index (χ3n) is 4.01. The average molecular weight is 409 g/mol. The molecule has 0 aliphatic carbocycles. The van der Waals surface area contributed by atoms with Gasteiger partial charge < -0.3 is 10.1 Å². The normalized spacial score (nSPS) is 10.2. The number of rotatable bonds is 7. The highest BCUT2D eigenvalue weighted by Crippen LogP contribution is 2.18. The predicted molar refractivity (Wildman–Crippen MR) is 111 cm³/mol. The van der Waals surface area contributed by atoms with Gasteiger partial charge in [0.15, 0.2) is 5.13 Å². The highest BCUT2D eigenvalue weighted by atomic mass is 32.1. The van der Waals surface area contributed by atoms with E-state index in [1.165, 1.54) is 18.4 Å². The SMILES string of the molecule is COC(=O)c1ccc(NC(=O)CCc2csc(NC(=O)c3ccccc3)n2)cc1. The zero-order valence-electron chi connectivity index (χ0n) is 15.7.